The van der Waals surface area contributed by atoms with Crippen molar-refractivity contribution in [2.75, 3.05) is 5.01 Å². The molecular formula is C20H19F4N3. The standard InChI is InChI=1S/C20H19F4N3/c1-2-19-25-13-26-27(19)17-10-3-14(4-11-17)5-12-18(20(22,23)24)15-6-8-16(21)9-7-15/h3-13,18-19H,2H2,1H3,(H,25,26). The number of rotatable bonds is 5. The minimum absolute atomic E-state index is 0.000483. The van der Waals surface area contributed by atoms with E-state index in [1.165, 1.54) is 6.08 Å². The molecule has 0 bridgehead atoms. The molecule has 2 atom stereocenters. The first kappa shape index (κ1) is 18.9. The summed E-state index contributed by atoms with van der Waals surface area (Å²) in [6.07, 6.45) is 0.512. The molecule has 2 unspecified atom stereocenters. The zero-order valence-electron chi connectivity index (χ0n) is 14.6. The summed E-state index contributed by atoms with van der Waals surface area (Å²) in [5.74, 6) is -2.36. The Hall–Kier alpha value is -2.83. The Morgan fingerprint density at radius 3 is 2.37 bits per heavy atom. The van der Waals surface area contributed by atoms with Gasteiger partial charge in [-0.25, -0.2) is 9.38 Å². The molecule has 1 aliphatic rings. The fourth-order valence-electron chi connectivity index (χ4n) is 2.90. The number of allylic oxidation sites excluding steroid dienone is 1. The maximum atomic E-state index is 13.4. The summed E-state index contributed by atoms with van der Waals surface area (Å²) in [5, 5.41) is 1.89. The van der Waals surface area contributed by atoms with Gasteiger partial charge in [-0.15, -0.1) is 0 Å². The second-order valence-corrected chi connectivity index (χ2v) is 6.19. The van der Waals surface area contributed by atoms with Crippen molar-refractivity contribution in [2.45, 2.75) is 31.6 Å². The van der Waals surface area contributed by atoms with Crippen LogP contribution in [0, 0.1) is 5.82 Å². The number of nitrogens with one attached hydrogen (secondary N) is 1. The monoisotopic (exact) mass is 377 g/mol. The second-order valence-electron chi connectivity index (χ2n) is 6.19. The van der Waals surface area contributed by atoms with E-state index in [-0.39, 0.29) is 11.7 Å². The molecule has 1 heterocycles. The molecule has 0 aromatic heterocycles. The molecule has 0 amide bonds. The third-order valence-corrected chi connectivity index (χ3v) is 4.34. The van der Waals surface area contributed by atoms with Gasteiger partial charge in [-0.1, -0.05) is 43.3 Å². The number of hydrazine groups is 1. The number of benzene rings is 2. The predicted molar refractivity (Wildman–Crippen MR) is 98.9 cm³/mol. The summed E-state index contributed by atoms with van der Waals surface area (Å²) >= 11 is 0. The van der Waals surface area contributed by atoms with Crippen molar-refractivity contribution in [1.82, 2.24) is 5.43 Å². The highest BCUT2D eigenvalue weighted by Gasteiger charge is 2.38. The van der Waals surface area contributed by atoms with Crippen LogP contribution in [-0.4, -0.2) is 18.7 Å². The Bertz CT molecular complexity index is 811. The SMILES string of the molecule is CCC1N=CNN1c1ccc(C=CC(c2ccc(F)cc2)C(F)(F)F)cc1. The van der Waals surface area contributed by atoms with Crippen LogP contribution in [0.2, 0.25) is 0 Å². The fraction of sp³-hybridized carbons (Fsp3) is 0.250. The van der Waals surface area contributed by atoms with E-state index in [9.17, 15) is 17.6 Å². The molecular weight excluding hydrogens is 358 g/mol. The zero-order chi connectivity index (χ0) is 19.4. The van der Waals surface area contributed by atoms with Crippen molar-refractivity contribution in [2.24, 2.45) is 4.99 Å². The van der Waals surface area contributed by atoms with Crippen molar-refractivity contribution in [3.8, 4) is 0 Å². The molecule has 0 spiro atoms. The highest BCUT2D eigenvalue weighted by molar-refractivity contribution is 5.65. The lowest BCUT2D eigenvalue weighted by Crippen LogP contribution is -2.38. The van der Waals surface area contributed by atoms with Crippen molar-refractivity contribution in [3.63, 3.8) is 0 Å². The van der Waals surface area contributed by atoms with Gasteiger partial charge in [0.2, 0.25) is 0 Å². The van der Waals surface area contributed by atoms with Gasteiger partial charge in [0, 0.05) is 0 Å². The van der Waals surface area contributed by atoms with Crippen LogP contribution in [0.3, 0.4) is 0 Å². The quantitative estimate of drug-likeness (QED) is 0.719. The molecule has 7 heteroatoms. The smallest absolute Gasteiger partial charge is 0.286 e. The maximum absolute atomic E-state index is 13.4. The highest BCUT2D eigenvalue weighted by Crippen LogP contribution is 2.36. The van der Waals surface area contributed by atoms with Crippen molar-refractivity contribution < 1.29 is 17.6 Å². The average Bonchev–Trinajstić information content (AvgIpc) is 3.11. The third-order valence-electron chi connectivity index (χ3n) is 4.34. The number of hydrogen-bond donors (Lipinski definition) is 1. The first-order valence-electron chi connectivity index (χ1n) is 8.56. The fourth-order valence-corrected chi connectivity index (χ4v) is 2.90. The Morgan fingerprint density at radius 2 is 1.78 bits per heavy atom. The minimum atomic E-state index is -4.46. The van der Waals surface area contributed by atoms with E-state index in [1.54, 1.807) is 18.5 Å². The maximum Gasteiger partial charge on any atom is 0.399 e. The Balaban J connectivity index is 1.77. The molecule has 2 aromatic rings. The summed E-state index contributed by atoms with van der Waals surface area (Å²) < 4.78 is 53.2. The topological polar surface area (TPSA) is 27.6 Å². The first-order chi connectivity index (χ1) is 12.9. The van der Waals surface area contributed by atoms with Gasteiger partial charge >= 0.3 is 6.18 Å². The molecule has 3 nitrogen and oxygen atoms in total. The van der Waals surface area contributed by atoms with Crippen molar-refractivity contribution >= 4 is 18.1 Å². The van der Waals surface area contributed by atoms with Crippen LogP contribution >= 0.6 is 0 Å². The van der Waals surface area contributed by atoms with E-state index in [0.717, 1.165) is 42.4 Å². The Morgan fingerprint density at radius 1 is 1.11 bits per heavy atom. The van der Waals surface area contributed by atoms with Crippen molar-refractivity contribution in [1.29, 1.82) is 0 Å². The van der Waals surface area contributed by atoms with E-state index in [4.69, 9.17) is 0 Å². The van der Waals surface area contributed by atoms with Gasteiger partial charge in [0.1, 0.15) is 18.3 Å². The van der Waals surface area contributed by atoms with Crippen LogP contribution in [0.15, 0.2) is 59.6 Å². The molecule has 3 rings (SSSR count). The Kier molecular flexibility index (Phi) is 5.48. The molecule has 27 heavy (non-hydrogen) atoms. The largest absolute Gasteiger partial charge is 0.399 e. The second kappa shape index (κ2) is 7.82. The molecule has 0 aliphatic carbocycles. The van der Waals surface area contributed by atoms with Gasteiger partial charge in [-0.2, -0.15) is 13.2 Å². The lowest BCUT2D eigenvalue weighted by atomic mass is 9.97. The number of hydrogen-bond acceptors (Lipinski definition) is 3. The summed E-state index contributed by atoms with van der Waals surface area (Å²) in [5.41, 5.74) is 4.55. The van der Waals surface area contributed by atoms with Crippen LogP contribution in [0.5, 0.6) is 0 Å². The summed E-state index contributed by atoms with van der Waals surface area (Å²) in [6.45, 7) is 2.02. The number of alkyl halides is 3. The lowest BCUT2D eigenvalue weighted by Gasteiger charge is -2.24. The van der Waals surface area contributed by atoms with E-state index in [2.05, 4.69) is 10.4 Å². The van der Waals surface area contributed by atoms with Crippen molar-refractivity contribution in [3.05, 3.63) is 71.6 Å². The van der Waals surface area contributed by atoms with E-state index in [1.807, 2.05) is 24.1 Å². The Labute approximate surface area is 155 Å². The van der Waals surface area contributed by atoms with Crippen LogP contribution in [0.1, 0.15) is 30.4 Å². The summed E-state index contributed by atoms with van der Waals surface area (Å²) in [6, 6.07) is 11.5. The highest BCUT2D eigenvalue weighted by atomic mass is 19.4. The van der Waals surface area contributed by atoms with Gasteiger partial charge < -0.3 is 0 Å². The van der Waals surface area contributed by atoms with Crippen LogP contribution in [0.4, 0.5) is 23.2 Å². The molecule has 0 radical (unpaired) electrons. The molecule has 142 valence electrons. The van der Waals surface area contributed by atoms with E-state index < -0.39 is 17.9 Å². The predicted octanol–water partition coefficient (Wildman–Crippen LogP) is 5.27. The summed E-state index contributed by atoms with van der Waals surface area (Å²) in [4.78, 5) is 4.28. The molecule has 0 saturated carbocycles. The summed E-state index contributed by atoms with van der Waals surface area (Å²) in [7, 11) is 0. The van der Waals surface area contributed by atoms with Crippen LogP contribution in [-0.2, 0) is 0 Å². The van der Waals surface area contributed by atoms with E-state index >= 15 is 0 Å². The average molecular weight is 377 g/mol. The van der Waals surface area contributed by atoms with E-state index in [0.29, 0.717) is 5.56 Å². The molecule has 2 aromatic carbocycles. The molecule has 1 N–H and O–H groups in total. The zero-order valence-corrected chi connectivity index (χ0v) is 14.6. The van der Waals surface area contributed by atoms with Gasteiger partial charge in [-0.3, -0.25) is 10.4 Å². The number of nitrogens with zero attached hydrogens (tertiary/aromatic N) is 2. The van der Waals surface area contributed by atoms with Gasteiger partial charge in [-0.05, 0) is 41.8 Å². The van der Waals surface area contributed by atoms with Crippen LogP contribution in [0.25, 0.3) is 6.08 Å². The number of aliphatic imine (C=N–C) groups is 1. The number of halogens is 4. The lowest BCUT2D eigenvalue weighted by molar-refractivity contribution is -0.139. The van der Waals surface area contributed by atoms with Gasteiger partial charge in [0.25, 0.3) is 0 Å². The number of anilines is 1. The first-order valence-corrected chi connectivity index (χ1v) is 8.56. The molecule has 1 aliphatic heterocycles. The third kappa shape index (κ3) is 4.48. The normalized spacial score (nSPS) is 18.1. The molecule has 0 fully saturated rings. The van der Waals surface area contributed by atoms with Gasteiger partial charge in [0.05, 0.1) is 11.6 Å². The minimum Gasteiger partial charge on any atom is -0.286 e. The molecule has 0 saturated heterocycles. The van der Waals surface area contributed by atoms with Crippen LogP contribution < -0.4 is 10.4 Å². The van der Waals surface area contributed by atoms with Gasteiger partial charge in [0.15, 0.2) is 0 Å².